The predicted molar refractivity (Wildman–Crippen MR) is 56.5 cm³/mol. The van der Waals surface area contributed by atoms with Crippen LogP contribution in [0, 0.1) is 6.92 Å². The van der Waals surface area contributed by atoms with Crippen LogP contribution in [0.3, 0.4) is 0 Å². The molecule has 13 heavy (non-hydrogen) atoms. The minimum absolute atomic E-state index is 0.734. The zero-order valence-corrected chi connectivity index (χ0v) is 9.08. The van der Waals surface area contributed by atoms with Crippen LogP contribution in [0.1, 0.15) is 34.8 Å². The molecule has 2 nitrogen and oxygen atoms in total. The van der Waals surface area contributed by atoms with E-state index >= 15 is 0 Å². The lowest BCUT2D eigenvalue weighted by atomic mass is 10.1. The maximum atomic E-state index is 4.56. The van der Waals surface area contributed by atoms with E-state index in [0.29, 0.717) is 0 Å². The van der Waals surface area contributed by atoms with Gasteiger partial charge in [0.2, 0.25) is 0 Å². The Morgan fingerprint density at radius 2 is 2.46 bits per heavy atom. The van der Waals surface area contributed by atoms with E-state index < -0.39 is 0 Å². The molecule has 3 heteroatoms. The predicted octanol–water partition coefficient (Wildman–Crippen LogP) is 2.09. The van der Waals surface area contributed by atoms with Crippen molar-refractivity contribution in [3.05, 3.63) is 15.6 Å². The van der Waals surface area contributed by atoms with Crippen LogP contribution in [0.4, 0.5) is 0 Å². The highest BCUT2D eigenvalue weighted by atomic mass is 32.1. The van der Waals surface area contributed by atoms with Gasteiger partial charge in [-0.15, -0.1) is 11.3 Å². The molecule has 1 fully saturated rings. The highest BCUT2D eigenvalue weighted by Gasteiger charge is 2.21. The van der Waals surface area contributed by atoms with Crippen LogP contribution in [0.5, 0.6) is 0 Å². The second-order valence-corrected chi connectivity index (χ2v) is 4.72. The van der Waals surface area contributed by atoms with Crippen LogP contribution in [0.25, 0.3) is 0 Å². The Balaban J connectivity index is 2.22. The van der Waals surface area contributed by atoms with Crippen LogP contribution >= 0.6 is 11.3 Å². The standard InChI is InChI=1S/C10H16N2S/c1-3-9-12-7(2)10(13-9)8-4-5-11-6-8/h8,11H,3-6H2,1-2H3. The maximum absolute atomic E-state index is 4.56. The topological polar surface area (TPSA) is 24.9 Å². The normalized spacial score (nSPS) is 22.5. The quantitative estimate of drug-likeness (QED) is 0.783. The molecule has 72 valence electrons. The molecule has 1 N–H and O–H groups in total. The summed E-state index contributed by atoms with van der Waals surface area (Å²) in [5.74, 6) is 0.734. The van der Waals surface area contributed by atoms with Crippen molar-refractivity contribution in [1.29, 1.82) is 0 Å². The molecule has 0 spiro atoms. The molecule has 1 saturated heterocycles. The highest BCUT2D eigenvalue weighted by Crippen LogP contribution is 2.30. The molecule has 0 radical (unpaired) electrons. The molecule has 0 amide bonds. The maximum Gasteiger partial charge on any atom is 0.0928 e. The Bertz CT molecular complexity index is 287. The number of hydrogen-bond donors (Lipinski definition) is 1. The van der Waals surface area contributed by atoms with Crippen molar-refractivity contribution in [1.82, 2.24) is 10.3 Å². The summed E-state index contributed by atoms with van der Waals surface area (Å²) in [4.78, 5) is 6.08. The molecule has 2 heterocycles. The number of nitrogens with zero attached hydrogens (tertiary/aromatic N) is 1. The third-order valence-electron chi connectivity index (χ3n) is 2.61. The van der Waals surface area contributed by atoms with Gasteiger partial charge in [-0.1, -0.05) is 6.92 Å². The van der Waals surface area contributed by atoms with Crippen molar-refractivity contribution in [2.45, 2.75) is 32.6 Å². The van der Waals surface area contributed by atoms with E-state index in [4.69, 9.17) is 0 Å². The fraction of sp³-hybridized carbons (Fsp3) is 0.700. The fourth-order valence-corrected chi connectivity index (χ4v) is 3.02. The molecule has 1 aromatic heterocycles. The highest BCUT2D eigenvalue weighted by molar-refractivity contribution is 7.11. The van der Waals surface area contributed by atoms with Gasteiger partial charge in [0.15, 0.2) is 0 Å². The average molecular weight is 196 g/mol. The van der Waals surface area contributed by atoms with Crippen molar-refractivity contribution >= 4 is 11.3 Å². The first-order valence-electron chi connectivity index (χ1n) is 4.98. The Kier molecular flexibility index (Phi) is 2.65. The third kappa shape index (κ3) is 1.76. The monoisotopic (exact) mass is 196 g/mol. The lowest BCUT2D eigenvalue weighted by molar-refractivity contribution is 0.769. The Morgan fingerprint density at radius 3 is 3.00 bits per heavy atom. The van der Waals surface area contributed by atoms with Gasteiger partial charge in [-0.2, -0.15) is 0 Å². The molecule has 0 aliphatic carbocycles. The molecule has 0 saturated carbocycles. The average Bonchev–Trinajstić information content (AvgIpc) is 2.72. The van der Waals surface area contributed by atoms with Crippen molar-refractivity contribution < 1.29 is 0 Å². The molecule has 1 unspecified atom stereocenters. The number of aromatic nitrogens is 1. The van der Waals surface area contributed by atoms with Gasteiger partial charge in [0, 0.05) is 17.3 Å². The van der Waals surface area contributed by atoms with E-state index in [1.54, 1.807) is 0 Å². The summed E-state index contributed by atoms with van der Waals surface area (Å²) >= 11 is 1.91. The molecule has 0 aromatic carbocycles. The molecule has 2 rings (SSSR count). The van der Waals surface area contributed by atoms with E-state index in [0.717, 1.165) is 18.9 Å². The minimum Gasteiger partial charge on any atom is -0.316 e. The summed E-state index contributed by atoms with van der Waals surface area (Å²) in [6.07, 6.45) is 2.36. The second kappa shape index (κ2) is 3.76. The van der Waals surface area contributed by atoms with Crippen molar-refractivity contribution in [2.75, 3.05) is 13.1 Å². The van der Waals surface area contributed by atoms with Crippen LogP contribution < -0.4 is 5.32 Å². The Hall–Kier alpha value is -0.410. The van der Waals surface area contributed by atoms with Crippen molar-refractivity contribution in [3.8, 4) is 0 Å². The summed E-state index contributed by atoms with van der Waals surface area (Å²) < 4.78 is 0. The number of hydrogen-bond acceptors (Lipinski definition) is 3. The smallest absolute Gasteiger partial charge is 0.0928 e. The van der Waals surface area contributed by atoms with E-state index in [9.17, 15) is 0 Å². The first-order chi connectivity index (χ1) is 6.31. The SMILES string of the molecule is CCc1nc(C)c(C2CCNC2)s1. The molecule has 1 aromatic rings. The van der Waals surface area contributed by atoms with Gasteiger partial charge < -0.3 is 5.32 Å². The molecule has 1 aliphatic heterocycles. The van der Waals surface area contributed by atoms with E-state index in [1.165, 1.54) is 28.5 Å². The van der Waals surface area contributed by atoms with E-state index in [-0.39, 0.29) is 0 Å². The first kappa shape index (κ1) is 9.16. The summed E-state index contributed by atoms with van der Waals surface area (Å²) in [5, 5.41) is 4.70. The molecule has 0 bridgehead atoms. The first-order valence-corrected chi connectivity index (χ1v) is 5.79. The zero-order chi connectivity index (χ0) is 9.26. The Labute approximate surface area is 83.4 Å². The van der Waals surface area contributed by atoms with Gasteiger partial charge in [-0.3, -0.25) is 0 Å². The molecular formula is C10H16N2S. The summed E-state index contributed by atoms with van der Waals surface area (Å²) in [7, 11) is 0. The van der Waals surface area contributed by atoms with Gasteiger partial charge in [0.05, 0.1) is 10.7 Å². The lowest BCUT2D eigenvalue weighted by Gasteiger charge is -2.04. The van der Waals surface area contributed by atoms with Gasteiger partial charge >= 0.3 is 0 Å². The van der Waals surface area contributed by atoms with Gasteiger partial charge in [-0.05, 0) is 26.3 Å². The van der Waals surface area contributed by atoms with Crippen molar-refractivity contribution in [2.24, 2.45) is 0 Å². The summed E-state index contributed by atoms with van der Waals surface area (Å²) in [5.41, 5.74) is 1.26. The van der Waals surface area contributed by atoms with Gasteiger partial charge in [0.25, 0.3) is 0 Å². The van der Waals surface area contributed by atoms with Crippen LogP contribution in [0.15, 0.2) is 0 Å². The number of thiazole rings is 1. The lowest BCUT2D eigenvalue weighted by Crippen LogP contribution is -2.07. The van der Waals surface area contributed by atoms with E-state index in [2.05, 4.69) is 24.1 Å². The van der Waals surface area contributed by atoms with Crippen molar-refractivity contribution in [3.63, 3.8) is 0 Å². The largest absolute Gasteiger partial charge is 0.316 e. The zero-order valence-electron chi connectivity index (χ0n) is 8.26. The van der Waals surface area contributed by atoms with Crippen LogP contribution in [-0.2, 0) is 6.42 Å². The van der Waals surface area contributed by atoms with Gasteiger partial charge in [0.1, 0.15) is 0 Å². The third-order valence-corrected chi connectivity index (χ3v) is 4.07. The Morgan fingerprint density at radius 1 is 1.62 bits per heavy atom. The second-order valence-electron chi connectivity index (χ2n) is 3.60. The minimum atomic E-state index is 0.734. The van der Waals surface area contributed by atoms with E-state index in [1.807, 2.05) is 11.3 Å². The van der Waals surface area contributed by atoms with Crippen LogP contribution in [-0.4, -0.2) is 18.1 Å². The number of rotatable bonds is 2. The molecule has 1 aliphatic rings. The van der Waals surface area contributed by atoms with Gasteiger partial charge in [-0.25, -0.2) is 4.98 Å². The number of nitrogens with one attached hydrogen (secondary N) is 1. The molecular weight excluding hydrogens is 180 g/mol. The number of aryl methyl sites for hydroxylation is 2. The fourth-order valence-electron chi connectivity index (χ4n) is 1.87. The summed E-state index contributed by atoms with van der Waals surface area (Å²) in [6, 6.07) is 0. The summed E-state index contributed by atoms with van der Waals surface area (Å²) in [6.45, 7) is 6.63. The van der Waals surface area contributed by atoms with Crippen LogP contribution in [0.2, 0.25) is 0 Å². The molecule has 1 atom stereocenters.